The van der Waals surface area contributed by atoms with Crippen LogP contribution in [-0.2, 0) is 0 Å². The number of hydrogen-bond acceptors (Lipinski definition) is 1. The molecule has 0 aliphatic rings. The summed E-state index contributed by atoms with van der Waals surface area (Å²) in [5.74, 6) is 0.879. The Kier molecular flexibility index (Phi) is 3.79. The smallest absolute Gasteiger partial charge is 0.139 e. The Labute approximate surface area is 150 Å². The number of benzene rings is 3. The van der Waals surface area contributed by atoms with E-state index in [4.69, 9.17) is 4.98 Å². The molecule has 4 rings (SSSR count). The Morgan fingerprint density at radius 2 is 1.52 bits per heavy atom. The number of H-pyrrole nitrogens is 1. The third kappa shape index (κ3) is 2.73. The van der Waals surface area contributed by atoms with Crippen LogP contribution in [0.2, 0.25) is 0 Å². The van der Waals surface area contributed by atoms with Crippen molar-refractivity contribution in [3.05, 3.63) is 75.7 Å². The molecular formula is C19H12Br2N2. The molecular weight excluding hydrogens is 416 g/mol. The van der Waals surface area contributed by atoms with Crippen molar-refractivity contribution in [3.63, 3.8) is 0 Å². The highest BCUT2D eigenvalue weighted by Crippen LogP contribution is 2.37. The van der Waals surface area contributed by atoms with E-state index in [1.165, 1.54) is 0 Å². The summed E-state index contributed by atoms with van der Waals surface area (Å²) in [6, 6.07) is 22.6. The van der Waals surface area contributed by atoms with Crippen LogP contribution in [0.4, 0.5) is 0 Å². The molecule has 0 saturated heterocycles. The number of imidazole rings is 1. The van der Waals surface area contributed by atoms with Gasteiger partial charge in [-0.15, -0.1) is 0 Å². The molecule has 0 fully saturated rings. The van der Waals surface area contributed by atoms with Gasteiger partial charge in [-0.25, -0.2) is 4.98 Å². The Hall–Kier alpha value is -1.91. The fourth-order valence-electron chi connectivity index (χ4n) is 2.71. The third-order valence-corrected chi connectivity index (χ3v) is 4.97. The minimum Gasteiger partial charge on any atom is -0.338 e. The average Bonchev–Trinajstić information content (AvgIpc) is 2.99. The van der Waals surface area contributed by atoms with Crippen LogP contribution in [0.1, 0.15) is 0 Å². The van der Waals surface area contributed by atoms with Crippen molar-refractivity contribution in [2.24, 2.45) is 0 Å². The van der Waals surface area contributed by atoms with E-state index in [9.17, 15) is 0 Å². The fourth-order valence-corrected chi connectivity index (χ4v) is 3.57. The Bertz CT molecular complexity index is 972. The lowest BCUT2D eigenvalue weighted by molar-refractivity contribution is 1.33. The SMILES string of the molecule is Brc1ccc(-c2nc3ccccc3[nH]2)c(-c2ccccc2Br)c1. The van der Waals surface area contributed by atoms with Crippen LogP contribution in [0.5, 0.6) is 0 Å². The molecule has 0 aliphatic heterocycles. The Balaban J connectivity index is 1.97. The summed E-state index contributed by atoms with van der Waals surface area (Å²) >= 11 is 7.23. The van der Waals surface area contributed by atoms with Crippen molar-refractivity contribution in [1.29, 1.82) is 0 Å². The number of aromatic amines is 1. The zero-order chi connectivity index (χ0) is 15.8. The van der Waals surface area contributed by atoms with E-state index in [0.29, 0.717) is 0 Å². The molecule has 0 unspecified atom stereocenters. The van der Waals surface area contributed by atoms with Gasteiger partial charge >= 0.3 is 0 Å². The van der Waals surface area contributed by atoms with E-state index in [0.717, 1.165) is 42.5 Å². The van der Waals surface area contributed by atoms with E-state index in [1.807, 2.05) is 42.5 Å². The topological polar surface area (TPSA) is 28.7 Å². The van der Waals surface area contributed by atoms with Crippen LogP contribution < -0.4 is 0 Å². The molecule has 0 radical (unpaired) electrons. The Morgan fingerprint density at radius 1 is 0.739 bits per heavy atom. The molecule has 1 N–H and O–H groups in total. The fraction of sp³-hybridized carbons (Fsp3) is 0. The molecule has 0 aliphatic carbocycles. The molecule has 0 atom stereocenters. The number of nitrogens with one attached hydrogen (secondary N) is 1. The van der Waals surface area contributed by atoms with E-state index < -0.39 is 0 Å². The lowest BCUT2D eigenvalue weighted by atomic mass is 9.99. The van der Waals surface area contributed by atoms with E-state index in [1.54, 1.807) is 0 Å². The van der Waals surface area contributed by atoms with Gasteiger partial charge in [0.15, 0.2) is 0 Å². The second kappa shape index (κ2) is 5.95. The second-order valence-corrected chi connectivity index (χ2v) is 7.04. The second-order valence-electron chi connectivity index (χ2n) is 5.27. The maximum atomic E-state index is 4.74. The van der Waals surface area contributed by atoms with E-state index in [-0.39, 0.29) is 0 Å². The van der Waals surface area contributed by atoms with Gasteiger partial charge in [-0.1, -0.05) is 62.2 Å². The number of aromatic nitrogens is 2. The van der Waals surface area contributed by atoms with Crippen molar-refractivity contribution < 1.29 is 0 Å². The summed E-state index contributed by atoms with van der Waals surface area (Å²) in [5, 5.41) is 0. The predicted octanol–water partition coefficient (Wildman–Crippen LogP) is 6.42. The normalized spacial score (nSPS) is 11.0. The highest BCUT2D eigenvalue weighted by Gasteiger charge is 2.13. The highest BCUT2D eigenvalue weighted by molar-refractivity contribution is 9.10. The monoisotopic (exact) mass is 426 g/mol. The summed E-state index contributed by atoms with van der Waals surface area (Å²) in [7, 11) is 0. The molecule has 0 bridgehead atoms. The molecule has 4 aromatic rings. The summed E-state index contributed by atoms with van der Waals surface area (Å²) < 4.78 is 2.11. The van der Waals surface area contributed by atoms with Crippen LogP contribution in [-0.4, -0.2) is 9.97 Å². The standard InChI is InChI=1S/C19H12Br2N2/c20-12-9-10-14(15(11-12)13-5-1-2-6-16(13)21)19-22-17-7-3-4-8-18(17)23-19/h1-11H,(H,22,23). The van der Waals surface area contributed by atoms with Gasteiger partial charge in [0.2, 0.25) is 0 Å². The van der Waals surface area contributed by atoms with Crippen LogP contribution in [0.15, 0.2) is 75.7 Å². The van der Waals surface area contributed by atoms with Gasteiger partial charge in [0.05, 0.1) is 11.0 Å². The number of para-hydroxylation sites is 2. The first-order valence-corrected chi connectivity index (χ1v) is 8.80. The van der Waals surface area contributed by atoms with Gasteiger partial charge in [0.1, 0.15) is 5.82 Å². The first-order valence-electron chi connectivity index (χ1n) is 7.22. The molecule has 1 aromatic heterocycles. The van der Waals surface area contributed by atoms with Crippen LogP contribution in [0.25, 0.3) is 33.5 Å². The summed E-state index contributed by atoms with van der Waals surface area (Å²) in [6.45, 7) is 0. The molecule has 0 amide bonds. The number of hydrogen-bond donors (Lipinski definition) is 1. The minimum atomic E-state index is 0.879. The van der Waals surface area contributed by atoms with Gasteiger partial charge < -0.3 is 4.98 Å². The van der Waals surface area contributed by atoms with Gasteiger partial charge in [-0.3, -0.25) is 0 Å². The molecule has 4 heteroatoms. The largest absolute Gasteiger partial charge is 0.338 e. The Morgan fingerprint density at radius 3 is 2.35 bits per heavy atom. The molecule has 112 valence electrons. The molecule has 0 spiro atoms. The third-order valence-electron chi connectivity index (χ3n) is 3.79. The van der Waals surface area contributed by atoms with Gasteiger partial charge in [-0.05, 0) is 47.5 Å². The lowest BCUT2D eigenvalue weighted by Gasteiger charge is -2.10. The van der Waals surface area contributed by atoms with Crippen molar-refractivity contribution >= 4 is 42.9 Å². The summed E-state index contributed by atoms with van der Waals surface area (Å²) in [4.78, 5) is 8.16. The first kappa shape index (κ1) is 14.7. The number of nitrogens with zero attached hydrogens (tertiary/aromatic N) is 1. The number of rotatable bonds is 2. The van der Waals surface area contributed by atoms with Crippen molar-refractivity contribution in [1.82, 2.24) is 9.97 Å². The molecule has 1 heterocycles. The molecule has 2 nitrogen and oxygen atoms in total. The molecule has 0 saturated carbocycles. The zero-order valence-corrected chi connectivity index (χ0v) is 15.2. The maximum absolute atomic E-state index is 4.74. The van der Waals surface area contributed by atoms with Gasteiger partial charge in [0, 0.05) is 14.5 Å². The summed E-state index contributed by atoms with van der Waals surface area (Å²) in [5.41, 5.74) is 5.37. The highest BCUT2D eigenvalue weighted by atomic mass is 79.9. The number of fused-ring (bicyclic) bond motifs is 1. The molecule has 23 heavy (non-hydrogen) atoms. The summed E-state index contributed by atoms with van der Waals surface area (Å²) in [6.07, 6.45) is 0. The lowest BCUT2D eigenvalue weighted by Crippen LogP contribution is -1.88. The van der Waals surface area contributed by atoms with Gasteiger partial charge in [0.25, 0.3) is 0 Å². The van der Waals surface area contributed by atoms with Crippen LogP contribution in [0.3, 0.4) is 0 Å². The van der Waals surface area contributed by atoms with E-state index in [2.05, 4.69) is 61.1 Å². The van der Waals surface area contributed by atoms with Crippen molar-refractivity contribution in [3.8, 4) is 22.5 Å². The quantitative estimate of drug-likeness (QED) is 0.392. The van der Waals surface area contributed by atoms with Crippen molar-refractivity contribution in [2.75, 3.05) is 0 Å². The average molecular weight is 428 g/mol. The predicted molar refractivity (Wildman–Crippen MR) is 102 cm³/mol. The molecule has 3 aromatic carbocycles. The van der Waals surface area contributed by atoms with Crippen LogP contribution in [0, 0.1) is 0 Å². The maximum Gasteiger partial charge on any atom is 0.139 e. The van der Waals surface area contributed by atoms with E-state index >= 15 is 0 Å². The minimum absolute atomic E-state index is 0.879. The van der Waals surface area contributed by atoms with Crippen molar-refractivity contribution in [2.45, 2.75) is 0 Å². The first-order chi connectivity index (χ1) is 11.2. The zero-order valence-electron chi connectivity index (χ0n) is 12.1. The van der Waals surface area contributed by atoms with Crippen LogP contribution >= 0.6 is 31.9 Å². The number of halogens is 2. The van der Waals surface area contributed by atoms with Gasteiger partial charge in [-0.2, -0.15) is 0 Å².